The quantitative estimate of drug-likeness (QED) is 0.597. The Bertz CT molecular complexity index is 785. The van der Waals surface area contributed by atoms with E-state index in [0.29, 0.717) is 11.7 Å². The number of esters is 1. The predicted molar refractivity (Wildman–Crippen MR) is 96.1 cm³/mol. The molecule has 0 aromatic heterocycles. The van der Waals surface area contributed by atoms with Gasteiger partial charge in [0.05, 0.1) is 0 Å². The highest BCUT2D eigenvalue weighted by Crippen LogP contribution is 2.38. The predicted octanol–water partition coefficient (Wildman–Crippen LogP) is 4.88. The minimum atomic E-state index is -0.313. The summed E-state index contributed by atoms with van der Waals surface area (Å²) in [6, 6.07) is 13.9. The molecule has 0 spiro atoms. The van der Waals surface area contributed by atoms with Gasteiger partial charge in [-0.05, 0) is 48.2 Å². The summed E-state index contributed by atoms with van der Waals surface area (Å²) in [7, 11) is 0. The molecule has 0 fully saturated rings. The molecule has 1 unspecified atom stereocenters. The SMILES string of the molecule is CC(=O)Oc1ccc(C2=Cc3ccc(C)cc3OC2C(C)C)cc1. The number of ether oxygens (including phenoxy) is 2. The Morgan fingerprint density at radius 2 is 1.83 bits per heavy atom. The van der Waals surface area contributed by atoms with Gasteiger partial charge < -0.3 is 9.47 Å². The van der Waals surface area contributed by atoms with E-state index in [1.165, 1.54) is 12.5 Å². The summed E-state index contributed by atoms with van der Waals surface area (Å²) in [6.07, 6.45) is 2.20. The Balaban J connectivity index is 1.99. The van der Waals surface area contributed by atoms with Crippen molar-refractivity contribution in [3.63, 3.8) is 0 Å². The van der Waals surface area contributed by atoms with E-state index < -0.39 is 0 Å². The average Bonchev–Trinajstić information content (AvgIpc) is 2.53. The molecule has 3 nitrogen and oxygen atoms in total. The van der Waals surface area contributed by atoms with E-state index >= 15 is 0 Å². The molecule has 0 N–H and O–H groups in total. The third-order valence-corrected chi connectivity index (χ3v) is 4.10. The van der Waals surface area contributed by atoms with Crippen LogP contribution in [-0.4, -0.2) is 12.1 Å². The summed E-state index contributed by atoms with van der Waals surface area (Å²) in [5, 5.41) is 0. The van der Waals surface area contributed by atoms with Crippen LogP contribution < -0.4 is 9.47 Å². The zero-order valence-corrected chi connectivity index (χ0v) is 14.5. The number of hydrogen-bond acceptors (Lipinski definition) is 3. The lowest BCUT2D eigenvalue weighted by Crippen LogP contribution is -2.27. The summed E-state index contributed by atoms with van der Waals surface area (Å²) in [6.45, 7) is 7.79. The van der Waals surface area contributed by atoms with Gasteiger partial charge in [-0.25, -0.2) is 0 Å². The fraction of sp³-hybridized carbons (Fsp3) is 0.286. The second kappa shape index (κ2) is 6.52. The minimum absolute atomic E-state index is 0.00104. The Morgan fingerprint density at radius 3 is 2.46 bits per heavy atom. The molecule has 24 heavy (non-hydrogen) atoms. The molecule has 0 saturated heterocycles. The first kappa shape index (κ1) is 16.3. The normalized spacial score (nSPS) is 16.2. The molecule has 124 valence electrons. The molecule has 0 aliphatic carbocycles. The van der Waals surface area contributed by atoms with Crippen LogP contribution in [-0.2, 0) is 4.79 Å². The van der Waals surface area contributed by atoms with Gasteiger partial charge in [-0.3, -0.25) is 4.79 Å². The van der Waals surface area contributed by atoms with Gasteiger partial charge in [-0.2, -0.15) is 0 Å². The van der Waals surface area contributed by atoms with Crippen LogP contribution in [0.4, 0.5) is 0 Å². The highest BCUT2D eigenvalue weighted by atomic mass is 16.5. The van der Waals surface area contributed by atoms with Crippen LogP contribution in [0.15, 0.2) is 42.5 Å². The summed E-state index contributed by atoms with van der Waals surface area (Å²) < 4.78 is 11.4. The van der Waals surface area contributed by atoms with Crippen molar-refractivity contribution >= 4 is 17.6 Å². The Morgan fingerprint density at radius 1 is 1.12 bits per heavy atom. The maximum atomic E-state index is 11.1. The molecular weight excluding hydrogens is 300 g/mol. The van der Waals surface area contributed by atoms with Gasteiger partial charge in [0, 0.05) is 18.1 Å². The van der Waals surface area contributed by atoms with Crippen LogP contribution in [0.5, 0.6) is 11.5 Å². The summed E-state index contributed by atoms with van der Waals surface area (Å²) in [5.74, 6) is 1.53. The second-order valence-electron chi connectivity index (χ2n) is 6.54. The van der Waals surface area contributed by atoms with Crippen molar-refractivity contribution in [1.29, 1.82) is 0 Å². The summed E-state index contributed by atoms with van der Waals surface area (Å²) in [5.41, 5.74) is 4.52. The lowest BCUT2D eigenvalue weighted by Gasteiger charge is -2.30. The maximum absolute atomic E-state index is 11.1. The Hall–Kier alpha value is -2.55. The first-order valence-corrected chi connectivity index (χ1v) is 8.22. The lowest BCUT2D eigenvalue weighted by molar-refractivity contribution is -0.131. The van der Waals surface area contributed by atoms with Crippen molar-refractivity contribution in [2.75, 3.05) is 0 Å². The lowest BCUT2D eigenvalue weighted by atomic mass is 9.89. The second-order valence-corrected chi connectivity index (χ2v) is 6.54. The molecule has 1 aliphatic rings. The van der Waals surface area contributed by atoms with Gasteiger partial charge in [-0.1, -0.05) is 38.1 Å². The molecule has 2 aromatic rings. The van der Waals surface area contributed by atoms with E-state index in [-0.39, 0.29) is 12.1 Å². The third-order valence-electron chi connectivity index (χ3n) is 4.10. The van der Waals surface area contributed by atoms with E-state index in [4.69, 9.17) is 9.47 Å². The first-order chi connectivity index (χ1) is 11.4. The summed E-state index contributed by atoms with van der Waals surface area (Å²) in [4.78, 5) is 11.1. The number of rotatable bonds is 3. The van der Waals surface area contributed by atoms with Gasteiger partial charge in [0.25, 0.3) is 0 Å². The molecule has 0 radical (unpaired) electrons. The molecular formula is C21H22O3. The molecule has 0 amide bonds. The van der Waals surface area contributed by atoms with E-state index in [0.717, 1.165) is 22.4 Å². The van der Waals surface area contributed by atoms with Crippen LogP contribution in [0.25, 0.3) is 11.6 Å². The highest BCUT2D eigenvalue weighted by molar-refractivity contribution is 5.87. The molecule has 3 rings (SSSR count). The van der Waals surface area contributed by atoms with Crippen molar-refractivity contribution in [2.24, 2.45) is 5.92 Å². The van der Waals surface area contributed by atoms with E-state index in [1.807, 2.05) is 24.3 Å². The fourth-order valence-corrected chi connectivity index (χ4v) is 2.94. The average molecular weight is 322 g/mol. The Kier molecular flexibility index (Phi) is 4.43. The molecule has 1 atom stereocenters. The van der Waals surface area contributed by atoms with Gasteiger partial charge in [0.1, 0.15) is 17.6 Å². The number of benzene rings is 2. The van der Waals surface area contributed by atoms with Crippen LogP contribution in [0.2, 0.25) is 0 Å². The molecule has 3 heteroatoms. The maximum Gasteiger partial charge on any atom is 0.308 e. The number of carbonyl (C=O) groups is 1. The van der Waals surface area contributed by atoms with E-state index in [9.17, 15) is 4.79 Å². The molecule has 1 aliphatic heterocycles. The number of fused-ring (bicyclic) bond motifs is 1. The van der Waals surface area contributed by atoms with Crippen LogP contribution in [0, 0.1) is 12.8 Å². The van der Waals surface area contributed by atoms with E-state index in [2.05, 4.69) is 45.0 Å². The van der Waals surface area contributed by atoms with Gasteiger partial charge >= 0.3 is 5.97 Å². The minimum Gasteiger partial charge on any atom is -0.485 e. The van der Waals surface area contributed by atoms with Crippen LogP contribution >= 0.6 is 0 Å². The summed E-state index contributed by atoms with van der Waals surface area (Å²) >= 11 is 0. The smallest absolute Gasteiger partial charge is 0.308 e. The number of aryl methyl sites for hydroxylation is 1. The zero-order chi connectivity index (χ0) is 17.3. The molecule has 0 saturated carbocycles. The third kappa shape index (κ3) is 3.35. The van der Waals surface area contributed by atoms with Crippen molar-refractivity contribution in [3.8, 4) is 11.5 Å². The van der Waals surface area contributed by atoms with Crippen molar-refractivity contribution in [2.45, 2.75) is 33.8 Å². The first-order valence-electron chi connectivity index (χ1n) is 8.22. The Labute approximate surface area is 142 Å². The largest absolute Gasteiger partial charge is 0.485 e. The van der Waals surface area contributed by atoms with Crippen molar-refractivity contribution < 1.29 is 14.3 Å². The molecule has 2 aromatic carbocycles. The molecule has 0 bridgehead atoms. The van der Waals surface area contributed by atoms with Crippen LogP contribution in [0.3, 0.4) is 0 Å². The van der Waals surface area contributed by atoms with Crippen LogP contribution in [0.1, 0.15) is 37.5 Å². The highest BCUT2D eigenvalue weighted by Gasteiger charge is 2.26. The van der Waals surface area contributed by atoms with E-state index in [1.54, 1.807) is 0 Å². The number of hydrogen-bond donors (Lipinski definition) is 0. The number of carbonyl (C=O) groups excluding carboxylic acids is 1. The standard InChI is InChI=1S/C21H22O3/c1-13(2)21-19(12-17-6-5-14(3)11-20(17)24-21)16-7-9-18(10-8-16)23-15(4)22/h5-13,21H,1-4H3. The topological polar surface area (TPSA) is 35.5 Å². The van der Waals surface area contributed by atoms with Gasteiger partial charge in [-0.15, -0.1) is 0 Å². The molecule has 1 heterocycles. The van der Waals surface area contributed by atoms with Gasteiger partial charge in [0.2, 0.25) is 0 Å². The van der Waals surface area contributed by atoms with Crippen molar-refractivity contribution in [3.05, 3.63) is 59.2 Å². The van der Waals surface area contributed by atoms with Crippen molar-refractivity contribution in [1.82, 2.24) is 0 Å². The fourth-order valence-electron chi connectivity index (χ4n) is 2.94. The zero-order valence-electron chi connectivity index (χ0n) is 14.5. The van der Waals surface area contributed by atoms with Gasteiger partial charge in [0.15, 0.2) is 0 Å². The monoisotopic (exact) mass is 322 g/mol.